The van der Waals surface area contributed by atoms with Crippen molar-refractivity contribution < 1.29 is 9.66 Å². The topological polar surface area (TPSA) is 102 Å². The summed E-state index contributed by atoms with van der Waals surface area (Å²) in [6.45, 7) is 4.02. The molecule has 0 bridgehead atoms. The van der Waals surface area contributed by atoms with E-state index in [1.54, 1.807) is 0 Å². The molecule has 1 saturated heterocycles. The summed E-state index contributed by atoms with van der Waals surface area (Å²) in [5, 5.41) is 17.0. The molecule has 1 aliphatic rings. The van der Waals surface area contributed by atoms with Crippen molar-refractivity contribution >= 4 is 17.5 Å². The van der Waals surface area contributed by atoms with Gasteiger partial charge in [0.05, 0.1) is 11.0 Å². The molecule has 0 aliphatic carbocycles. The second-order valence-electron chi connectivity index (χ2n) is 4.63. The molecule has 8 heteroatoms. The molecule has 0 saturated carbocycles. The normalized spacial score (nSPS) is 17.9. The van der Waals surface area contributed by atoms with E-state index in [-0.39, 0.29) is 17.6 Å². The summed E-state index contributed by atoms with van der Waals surface area (Å²) in [6, 6.07) is 0. The van der Waals surface area contributed by atoms with Crippen molar-refractivity contribution in [2.45, 2.75) is 32.3 Å². The lowest BCUT2D eigenvalue weighted by Crippen LogP contribution is -2.20. The van der Waals surface area contributed by atoms with E-state index in [1.807, 2.05) is 6.92 Å². The van der Waals surface area contributed by atoms with E-state index in [0.717, 1.165) is 32.4 Å². The summed E-state index contributed by atoms with van der Waals surface area (Å²) in [7, 11) is 0. The van der Waals surface area contributed by atoms with Crippen LogP contribution in [0.25, 0.3) is 0 Å². The number of nitrogens with one attached hydrogen (secondary N) is 2. The third kappa shape index (κ3) is 3.77. The van der Waals surface area contributed by atoms with Gasteiger partial charge in [0.15, 0.2) is 0 Å². The predicted molar refractivity (Wildman–Crippen MR) is 74.9 cm³/mol. The molecule has 1 unspecified atom stereocenters. The molecule has 1 aliphatic heterocycles. The summed E-state index contributed by atoms with van der Waals surface area (Å²) in [4.78, 5) is 18.6. The molecular formula is C12H19N5O3. The fourth-order valence-electron chi connectivity index (χ4n) is 1.98. The molecule has 2 N–H and O–H groups in total. The number of nitrogens with zero attached hydrogens (tertiary/aromatic N) is 3. The number of rotatable bonds is 7. The quantitative estimate of drug-likeness (QED) is 0.580. The highest BCUT2D eigenvalue weighted by Crippen LogP contribution is 2.23. The Morgan fingerprint density at radius 3 is 3.05 bits per heavy atom. The van der Waals surface area contributed by atoms with Crippen molar-refractivity contribution in [3.05, 3.63) is 16.3 Å². The summed E-state index contributed by atoms with van der Waals surface area (Å²) in [6.07, 6.45) is 4.24. The largest absolute Gasteiger partial charge is 0.376 e. The molecule has 2 rings (SSSR count). The molecule has 0 radical (unpaired) electrons. The Kier molecular flexibility index (Phi) is 5.05. The minimum Gasteiger partial charge on any atom is -0.376 e. The molecule has 1 aromatic heterocycles. The van der Waals surface area contributed by atoms with Crippen LogP contribution in [0.1, 0.15) is 26.2 Å². The van der Waals surface area contributed by atoms with Gasteiger partial charge in [0.2, 0.25) is 11.8 Å². The van der Waals surface area contributed by atoms with Crippen LogP contribution in [0, 0.1) is 10.1 Å². The average Bonchev–Trinajstić information content (AvgIpc) is 2.96. The molecule has 0 aromatic carbocycles. The van der Waals surface area contributed by atoms with Crippen LogP contribution in [-0.2, 0) is 4.74 Å². The maximum atomic E-state index is 11.0. The fraction of sp³-hybridized carbons (Fsp3) is 0.667. The van der Waals surface area contributed by atoms with Gasteiger partial charge in [-0.15, -0.1) is 0 Å². The van der Waals surface area contributed by atoms with E-state index in [4.69, 9.17) is 4.74 Å². The van der Waals surface area contributed by atoms with E-state index in [2.05, 4.69) is 20.6 Å². The SMILES string of the molecule is CCCNc1ncc([N+](=O)[O-])c(NCC2CCCO2)n1. The smallest absolute Gasteiger partial charge is 0.329 e. The van der Waals surface area contributed by atoms with Gasteiger partial charge in [0.1, 0.15) is 6.20 Å². The molecule has 8 nitrogen and oxygen atoms in total. The second kappa shape index (κ2) is 6.99. The molecule has 110 valence electrons. The summed E-state index contributed by atoms with van der Waals surface area (Å²) >= 11 is 0. The van der Waals surface area contributed by atoms with Crippen molar-refractivity contribution in [1.82, 2.24) is 9.97 Å². The van der Waals surface area contributed by atoms with Gasteiger partial charge in [0.25, 0.3) is 0 Å². The highest BCUT2D eigenvalue weighted by atomic mass is 16.6. The molecule has 1 fully saturated rings. The monoisotopic (exact) mass is 281 g/mol. The van der Waals surface area contributed by atoms with Gasteiger partial charge in [0, 0.05) is 19.7 Å². The highest BCUT2D eigenvalue weighted by molar-refractivity contribution is 5.57. The molecule has 2 heterocycles. The van der Waals surface area contributed by atoms with Crippen LogP contribution in [0.3, 0.4) is 0 Å². The van der Waals surface area contributed by atoms with Crippen LogP contribution in [-0.4, -0.2) is 40.7 Å². The van der Waals surface area contributed by atoms with Gasteiger partial charge in [-0.05, 0) is 19.3 Å². The van der Waals surface area contributed by atoms with E-state index >= 15 is 0 Å². The lowest BCUT2D eigenvalue weighted by Gasteiger charge is -2.12. The first kappa shape index (κ1) is 14.4. The van der Waals surface area contributed by atoms with Gasteiger partial charge in [-0.2, -0.15) is 4.98 Å². The zero-order valence-electron chi connectivity index (χ0n) is 11.5. The Bertz CT molecular complexity index is 462. The zero-order chi connectivity index (χ0) is 14.4. The van der Waals surface area contributed by atoms with Crippen LogP contribution in [0.4, 0.5) is 17.5 Å². The highest BCUT2D eigenvalue weighted by Gasteiger charge is 2.20. The van der Waals surface area contributed by atoms with Crippen LogP contribution < -0.4 is 10.6 Å². The standard InChI is InChI=1S/C12H19N5O3/c1-2-5-13-12-15-8-10(17(18)19)11(16-12)14-7-9-4-3-6-20-9/h8-9H,2-7H2,1H3,(H2,13,14,15,16). The molecule has 1 aromatic rings. The number of ether oxygens (including phenoxy) is 1. The van der Waals surface area contributed by atoms with Crippen molar-refractivity contribution in [1.29, 1.82) is 0 Å². The summed E-state index contributed by atoms with van der Waals surface area (Å²) in [5.41, 5.74) is -0.120. The average molecular weight is 281 g/mol. The first-order valence-electron chi connectivity index (χ1n) is 6.81. The van der Waals surface area contributed by atoms with E-state index < -0.39 is 4.92 Å². The minimum atomic E-state index is -0.485. The first-order valence-corrected chi connectivity index (χ1v) is 6.81. The molecule has 1 atom stereocenters. The number of nitro groups is 1. The minimum absolute atomic E-state index is 0.0941. The number of hydrogen-bond acceptors (Lipinski definition) is 7. The lowest BCUT2D eigenvalue weighted by molar-refractivity contribution is -0.384. The van der Waals surface area contributed by atoms with E-state index in [9.17, 15) is 10.1 Å². The van der Waals surface area contributed by atoms with Crippen molar-refractivity contribution in [2.24, 2.45) is 0 Å². The molecule has 0 amide bonds. The van der Waals surface area contributed by atoms with Gasteiger partial charge in [-0.25, -0.2) is 4.98 Å². The van der Waals surface area contributed by atoms with Gasteiger partial charge in [-0.1, -0.05) is 6.92 Å². The van der Waals surface area contributed by atoms with Crippen molar-refractivity contribution in [3.63, 3.8) is 0 Å². The Balaban J connectivity index is 2.06. The van der Waals surface area contributed by atoms with E-state index in [0.29, 0.717) is 12.5 Å². The third-order valence-electron chi connectivity index (χ3n) is 3.02. The number of anilines is 2. The van der Waals surface area contributed by atoms with Gasteiger partial charge in [-0.3, -0.25) is 10.1 Å². The third-order valence-corrected chi connectivity index (χ3v) is 3.02. The zero-order valence-corrected chi connectivity index (χ0v) is 11.5. The number of hydrogen-bond donors (Lipinski definition) is 2. The molecule has 20 heavy (non-hydrogen) atoms. The summed E-state index contributed by atoms with van der Waals surface area (Å²) in [5.74, 6) is 0.631. The Hall–Kier alpha value is -1.96. The summed E-state index contributed by atoms with van der Waals surface area (Å²) < 4.78 is 5.48. The Morgan fingerprint density at radius 2 is 2.40 bits per heavy atom. The molecule has 0 spiro atoms. The van der Waals surface area contributed by atoms with Gasteiger partial charge < -0.3 is 15.4 Å². The van der Waals surface area contributed by atoms with Crippen LogP contribution in [0.15, 0.2) is 6.20 Å². The van der Waals surface area contributed by atoms with Crippen LogP contribution in [0.2, 0.25) is 0 Å². The van der Waals surface area contributed by atoms with E-state index in [1.165, 1.54) is 6.20 Å². The first-order chi connectivity index (χ1) is 9.70. The Labute approximate surface area is 117 Å². The maximum Gasteiger partial charge on any atom is 0.329 e. The maximum absolute atomic E-state index is 11.0. The number of aromatic nitrogens is 2. The van der Waals surface area contributed by atoms with Crippen molar-refractivity contribution in [3.8, 4) is 0 Å². The van der Waals surface area contributed by atoms with Crippen molar-refractivity contribution in [2.75, 3.05) is 30.3 Å². The van der Waals surface area contributed by atoms with Crippen LogP contribution in [0.5, 0.6) is 0 Å². The fourth-order valence-corrected chi connectivity index (χ4v) is 1.98. The predicted octanol–water partition coefficient (Wildman–Crippen LogP) is 1.80. The molecular weight excluding hydrogens is 262 g/mol. The van der Waals surface area contributed by atoms with Gasteiger partial charge >= 0.3 is 5.69 Å². The Morgan fingerprint density at radius 1 is 1.55 bits per heavy atom. The second-order valence-corrected chi connectivity index (χ2v) is 4.63. The lowest BCUT2D eigenvalue weighted by atomic mass is 10.2. The van der Waals surface area contributed by atoms with Crippen LogP contribution >= 0.6 is 0 Å².